The summed E-state index contributed by atoms with van der Waals surface area (Å²) in [6, 6.07) is 4.21. The number of unbranched alkanes of at least 4 members (excludes halogenated alkanes) is 3. The second-order valence-electron chi connectivity index (χ2n) is 5.14. The van der Waals surface area contributed by atoms with Gasteiger partial charge in [0.1, 0.15) is 0 Å². The van der Waals surface area contributed by atoms with Gasteiger partial charge in [-0.25, -0.2) is 0 Å². The van der Waals surface area contributed by atoms with Crippen molar-refractivity contribution in [3.8, 4) is 0 Å². The van der Waals surface area contributed by atoms with Gasteiger partial charge in [-0.1, -0.05) is 28.8 Å². The zero-order chi connectivity index (χ0) is 15.7. The van der Waals surface area contributed by atoms with Gasteiger partial charge in [-0.3, -0.25) is 4.79 Å². The minimum Gasteiger partial charge on any atom is -0.396 e. The Morgan fingerprint density at radius 3 is 2.62 bits per heavy atom. The number of carbonyl (C=O) groups is 1. The summed E-state index contributed by atoms with van der Waals surface area (Å²) in [5, 5.41) is 11.6. The number of nitrogens with one attached hydrogen (secondary N) is 1. The van der Waals surface area contributed by atoms with E-state index >= 15 is 0 Å². The molecule has 3 nitrogen and oxygen atoms in total. The number of thioether (sulfide) groups is 1. The molecule has 1 amide bonds. The smallest absolute Gasteiger partial charge is 0.230 e. The number of carbonyl (C=O) groups excluding carboxylic acids is 1. The molecule has 0 bridgehead atoms. The molecule has 0 atom stereocenters. The molecule has 0 saturated carbocycles. The van der Waals surface area contributed by atoms with Crippen LogP contribution in [0.1, 0.15) is 36.8 Å². The highest BCUT2D eigenvalue weighted by Crippen LogP contribution is 2.28. The molecular weight excluding hydrogens is 350 g/mol. The zero-order valence-electron chi connectivity index (χ0n) is 12.7. The topological polar surface area (TPSA) is 49.3 Å². The number of hydrogen-bond donors (Lipinski definition) is 2. The monoisotopic (exact) mass is 373 g/mol. The third-order valence-corrected chi connectivity index (χ3v) is 5.23. The third kappa shape index (κ3) is 7.34. The average Bonchev–Trinajstić information content (AvgIpc) is 2.45. The van der Waals surface area contributed by atoms with E-state index in [2.05, 4.69) is 47.2 Å². The number of benzene rings is 1. The first-order chi connectivity index (χ1) is 10.0. The maximum absolute atomic E-state index is 11.8. The van der Waals surface area contributed by atoms with Crippen molar-refractivity contribution in [2.24, 2.45) is 0 Å². The Kier molecular flexibility index (Phi) is 9.04. The molecule has 1 aromatic rings. The predicted molar refractivity (Wildman–Crippen MR) is 92.9 cm³/mol. The molecule has 2 N–H and O–H groups in total. The van der Waals surface area contributed by atoms with Crippen molar-refractivity contribution in [2.45, 2.75) is 44.4 Å². The van der Waals surface area contributed by atoms with Crippen LogP contribution in [0, 0.1) is 13.8 Å². The average molecular weight is 374 g/mol. The van der Waals surface area contributed by atoms with E-state index in [0.29, 0.717) is 5.75 Å². The van der Waals surface area contributed by atoms with E-state index in [-0.39, 0.29) is 12.5 Å². The van der Waals surface area contributed by atoms with Crippen molar-refractivity contribution < 1.29 is 9.90 Å². The molecule has 0 fully saturated rings. The molecule has 0 aliphatic carbocycles. The minimum absolute atomic E-state index is 0.0853. The zero-order valence-corrected chi connectivity index (χ0v) is 15.1. The Hall–Kier alpha value is -0.520. The fourth-order valence-electron chi connectivity index (χ4n) is 1.92. The van der Waals surface area contributed by atoms with Gasteiger partial charge in [0.05, 0.1) is 5.75 Å². The van der Waals surface area contributed by atoms with Gasteiger partial charge >= 0.3 is 0 Å². The fraction of sp³-hybridized carbons (Fsp3) is 0.562. The summed E-state index contributed by atoms with van der Waals surface area (Å²) in [4.78, 5) is 12.9. The van der Waals surface area contributed by atoms with Gasteiger partial charge < -0.3 is 10.4 Å². The van der Waals surface area contributed by atoms with Gasteiger partial charge in [0.25, 0.3) is 0 Å². The molecule has 0 aliphatic heterocycles. The molecule has 5 heteroatoms. The van der Waals surface area contributed by atoms with Crippen molar-refractivity contribution in [3.05, 3.63) is 27.7 Å². The molecule has 0 unspecified atom stereocenters. The van der Waals surface area contributed by atoms with Gasteiger partial charge in [-0.15, -0.1) is 11.8 Å². The Morgan fingerprint density at radius 2 is 1.90 bits per heavy atom. The number of hydrogen-bond acceptors (Lipinski definition) is 3. The van der Waals surface area contributed by atoms with Crippen LogP contribution < -0.4 is 5.32 Å². The van der Waals surface area contributed by atoms with Crippen LogP contribution in [-0.2, 0) is 4.79 Å². The van der Waals surface area contributed by atoms with Crippen molar-refractivity contribution in [1.29, 1.82) is 0 Å². The lowest BCUT2D eigenvalue weighted by molar-refractivity contribution is -0.118. The maximum Gasteiger partial charge on any atom is 0.230 e. The number of aliphatic hydroxyl groups excluding tert-OH is 1. The van der Waals surface area contributed by atoms with Crippen LogP contribution in [-0.4, -0.2) is 29.9 Å². The highest BCUT2D eigenvalue weighted by molar-refractivity contribution is 9.10. The molecule has 118 valence electrons. The summed E-state index contributed by atoms with van der Waals surface area (Å²) in [7, 11) is 0. The number of aliphatic hydroxyl groups is 1. The number of amides is 1. The van der Waals surface area contributed by atoms with Crippen LogP contribution in [0.5, 0.6) is 0 Å². The minimum atomic E-state index is 0.0853. The second kappa shape index (κ2) is 10.2. The fourth-order valence-corrected chi connectivity index (χ4v) is 3.32. The van der Waals surface area contributed by atoms with Crippen LogP contribution in [0.25, 0.3) is 0 Å². The second-order valence-corrected chi connectivity index (χ2v) is 7.01. The quantitative estimate of drug-likeness (QED) is 0.510. The lowest BCUT2D eigenvalue weighted by atomic mass is 10.2. The lowest BCUT2D eigenvalue weighted by Crippen LogP contribution is -2.26. The van der Waals surface area contributed by atoms with Crippen LogP contribution in [0.2, 0.25) is 0 Å². The summed E-state index contributed by atoms with van der Waals surface area (Å²) >= 11 is 5.10. The summed E-state index contributed by atoms with van der Waals surface area (Å²) in [6.07, 6.45) is 3.91. The van der Waals surface area contributed by atoms with E-state index in [4.69, 9.17) is 5.11 Å². The maximum atomic E-state index is 11.8. The largest absolute Gasteiger partial charge is 0.396 e. The van der Waals surface area contributed by atoms with Crippen LogP contribution in [0.3, 0.4) is 0 Å². The predicted octanol–water partition coefficient (Wildman–Crippen LogP) is 3.83. The van der Waals surface area contributed by atoms with Crippen molar-refractivity contribution in [1.82, 2.24) is 5.32 Å². The Labute approximate surface area is 140 Å². The summed E-state index contributed by atoms with van der Waals surface area (Å²) < 4.78 is 1.11. The van der Waals surface area contributed by atoms with Crippen LogP contribution in [0.4, 0.5) is 0 Å². The van der Waals surface area contributed by atoms with Crippen molar-refractivity contribution in [3.63, 3.8) is 0 Å². The molecular formula is C16H24BrNO2S. The molecule has 0 heterocycles. The molecule has 1 aromatic carbocycles. The van der Waals surface area contributed by atoms with Gasteiger partial charge in [-0.2, -0.15) is 0 Å². The number of rotatable bonds is 9. The Morgan fingerprint density at radius 1 is 1.19 bits per heavy atom. The molecule has 0 aliphatic rings. The van der Waals surface area contributed by atoms with Gasteiger partial charge in [0.15, 0.2) is 0 Å². The number of aryl methyl sites for hydroxylation is 2. The number of halogens is 1. The van der Waals surface area contributed by atoms with E-state index in [0.717, 1.165) is 41.6 Å². The van der Waals surface area contributed by atoms with Gasteiger partial charge in [0.2, 0.25) is 5.91 Å². The highest BCUT2D eigenvalue weighted by Gasteiger charge is 2.06. The lowest BCUT2D eigenvalue weighted by Gasteiger charge is -2.09. The summed E-state index contributed by atoms with van der Waals surface area (Å²) in [5.41, 5.74) is 2.38. The van der Waals surface area contributed by atoms with E-state index in [1.807, 2.05) is 0 Å². The van der Waals surface area contributed by atoms with Crippen LogP contribution in [0.15, 0.2) is 21.5 Å². The molecule has 0 aromatic heterocycles. The Balaban J connectivity index is 2.25. The molecule has 0 saturated heterocycles. The normalized spacial score (nSPS) is 10.7. The summed E-state index contributed by atoms with van der Waals surface area (Å²) in [6.45, 7) is 5.10. The standard InChI is InChI=1S/C16H24BrNO2S/c1-12-10-15(13(2)9-14(12)17)21-11-16(20)18-7-5-3-4-6-8-19/h9-10,19H,3-8,11H2,1-2H3,(H,18,20). The van der Waals surface area contributed by atoms with Crippen LogP contribution >= 0.6 is 27.7 Å². The Bertz CT molecular complexity index is 466. The van der Waals surface area contributed by atoms with E-state index in [1.165, 1.54) is 11.1 Å². The van der Waals surface area contributed by atoms with E-state index < -0.39 is 0 Å². The molecule has 1 rings (SSSR count). The van der Waals surface area contributed by atoms with E-state index in [9.17, 15) is 4.79 Å². The van der Waals surface area contributed by atoms with Crippen molar-refractivity contribution >= 4 is 33.6 Å². The first-order valence-electron chi connectivity index (χ1n) is 7.31. The summed E-state index contributed by atoms with van der Waals surface area (Å²) in [5.74, 6) is 0.542. The third-order valence-electron chi connectivity index (χ3n) is 3.22. The molecule has 0 radical (unpaired) electrons. The SMILES string of the molecule is Cc1cc(SCC(=O)NCCCCCCO)c(C)cc1Br. The van der Waals surface area contributed by atoms with Gasteiger partial charge in [-0.05, 0) is 49.9 Å². The first-order valence-corrected chi connectivity index (χ1v) is 9.09. The van der Waals surface area contributed by atoms with Crippen molar-refractivity contribution in [2.75, 3.05) is 18.9 Å². The molecule has 0 spiro atoms. The first kappa shape index (κ1) is 18.5. The molecule has 21 heavy (non-hydrogen) atoms. The highest BCUT2D eigenvalue weighted by atomic mass is 79.9. The van der Waals surface area contributed by atoms with Gasteiger partial charge in [0, 0.05) is 22.5 Å². The van der Waals surface area contributed by atoms with E-state index in [1.54, 1.807) is 11.8 Å².